The van der Waals surface area contributed by atoms with E-state index in [1.54, 1.807) is 13.1 Å². The predicted molar refractivity (Wildman–Crippen MR) is 67.8 cm³/mol. The first-order valence-electron chi connectivity index (χ1n) is 5.80. The first kappa shape index (κ1) is 17.3. The van der Waals surface area contributed by atoms with Gasteiger partial charge in [0.2, 0.25) is 0 Å². The van der Waals surface area contributed by atoms with Gasteiger partial charge in [0.05, 0.1) is 0 Å². The molecular formula is C11H22F3NO2Si. The summed E-state index contributed by atoms with van der Waals surface area (Å²) in [5.41, 5.74) is -1.28. The molecule has 3 nitrogen and oxygen atoms in total. The summed E-state index contributed by atoms with van der Waals surface area (Å²) in [6, 6.07) is 0. The molecule has 0 saturated carbocycles. The number of hydrogen-bond donors (Lipinski definition) is 0. The van der Waals surface area contributed by atoms with Gasteiger partial charge in [-0.25, -0.2) is 0 Å². The van der Waals surface area contributed by atoms with Crippen molar-refractivity contribution in [3.8, 4) is 0 Å². The van der Waals surface area contributed by atoms with Gasteiger partial charge < -0.3 is 4.53 Å². The van der Waals surface area contributed by atoms with Crippen molar-refractivity contribution < 1.29 is 22.6 Å². The van der Waals surface area contributed by atoms with Crippen molar-refractivity contribution in [2.45, 2.75) is 58.9 Å². The quantitative estimate of drug-likeness (QED) is 0.337. The minimum atomic E-state index is -4.66. The Labute approximate surface area is 107 Å². The van der Waals surface area contributed by atoms with Crippen LogP contribution >= 0.6 is 0 Å². The van der Waals surface area contributed by atoms with Crippen LogP contribution in [-0.2, 0) is 4.53 Å². The molecule has 0 aromatic carbocycles. The maximum atomic E-state index is 12.4. The molecule has 0 unspecified atom stereocenters. The molecule has 0 atom stereocenters. The predicted octanol–water partition coefficient (Wildman–Crippen LogP) is 4.09. The molecule has 7 heteroatoms. The minimum absolute atomic E-state index is 0.207. The maximum Gasteiger partial charge on any atom is 0.478 e. The van der Waals surface area contributed by atoms with Crippen LogP contribution in [0.15, 0.2) is 0 Å². The van der Waals surface area contributed by atoms with E-state index in [1.165, 1.54) is 0 Å². The van der Waals surface area contributed by atoms with Gasteiger partial charge in [0.25, 0.3) is 0 Å². The van der Waals surface area contributed by atoms with E-state index >= 15 is 0 Å². The van der Waals surface area contributed by atoms with Gasteiger partial charge in [0, 0.05) is 11.8 Å². The van der Waals surface area contributed by atoms with Gasteiger partial charge in [-0.3, -0.25) is 5.21 Å². The van der Waals surface area contributed by atoms with E-state index in [2.05, 4.69) is 0 Å². The molecule has 0 saturated heterocycles. The summed E-state index contributed by atoms with van der Waals surface area (Å²) in [5, 5.41) is 11.1. The first-order chi connectivity index (χ1) is 7.73. The van der Waals surface area contributed by atoms with Crippen LogP contribution in [0.4, 0.5) is 13.2 Å². The molecule has 0 aromatic heterocycles. The maximum absolute atomic E-state index is 12.4. The second kappa shape index (κ2) is 5.11. The van der Waals surface area contributed by atoms with Gasteiger partial charge in [-0.1, -0.05) is 40.8 Å². The average Bonchev–Trinajstić information content (AvgIpc) is 2.13. The van der Waals surface area contributed by atoms with Crippen molar-refractivity contribution in [2.75, 3.05) is 0 Å². The third-order valence-corrected chi connectivity index (χ3v) is 8.29. The van der Waals surface area contributed by atoms with Gasteiger partial charge in [0.1, 0.15) is 0 Å². The Balaban J connectivity index is 5.23. The topological polar surface area (TPSA) is 35.3 Å². The van der Waals surface area contributed by atoms with E-state index in [1.807, 2.05) is 27.7 Å². The molecule has 0 fully saturated rings. The monoisotopic (exact) mass is 285 g/mol. The Morgan fingerprint density at radius 2 is 1.61 bits per heavy atom. The molecule has 0 aliphatic rings. The van der Waals surface area contributed by atoms with Gasteiger partial charge in [-0.15, -0.1) is 0 Å². The third-order valence-electron chi connectivity index (χ3n) is 3.99. The molecule has 18 heavy (non-hydrogen) atoms. The molecule has 0 radical (unpaired) electrons. The smallest absolute Gasteiger partial charge is 0.442 e. The van der Waals surface area contributed by atoms with Crippen LogP contribution in [0.5, 0.6) is 0 Å². The van der Waals surface area contributed by atoms with Crippen LogP contribution in [0.3, 0.4) is 0 Å². The lowest BCUT2D eigenvalue weighted by Gasteiger charge is -2.43. The van der Waals surface area contributed by atoms with E-state index in [-0.39, 0.29) is 15.9 Å². The summed E-state index contributed by atoms with van der Waals surface area (Å²) in [7, 11) is -2.61. The molecule has 0 aromatic rings. The zero-order valence-corrected chi connectivity index (χ0v) is 13.0. The summed E-state index contributed by atoms with van der Waals surface area (Å²) >= 11 is 0. The summed E-state index contributed by atoms with van der Waals surface area (Å²) in [6.07, 6.45) is -4.66. The van der Waals surface area contributed by atoms with Crippen molar-refractivity contribution >= 4 is 14.0 Å². The number of nitrogens with zero attached hydrogens (tertiary/aromatic N) is 1. The summed E-state index contributed by atoms with van der Waals surface area (Å²) in [4.78, 5) is -0.365. The fourth-order valence-electron chi connectivity index (χ4n) is 1.19. The Morgan fingerprint density at radius 1 is 1.22 bits per heavy atom. The molecule has 0 rings (SSSR count). The third kappa shape index (κ3) is 3.63. The molecule has 0 amide bonds. The highest BCUT2D eigenvalue weighted by molar-refractivity contribution is 6.74. The van der Waals surface area contributed by atoms with Crippen molar-refractivity contribution in [2.24, 2.45) is 5.92 Å². The summed E-state index contributed by atoms with van der Waals surface area (Å²) in [5.74, 6) is 0.207. The molecule has 0 heterocycles. The van der Waals surface area contributed by atoms with Gasteiger partial charge in [0.15, 0.2) is 8.32 Å². The largest absolute Gasteiger partial charge is 0.478 e. The Kier molecular flexibility index (Phi) is 4.90. The number of alkyl halides is 3. The zero-order chi connectivity index (χ0) is 14.9. The summed E-state index contributed by atoms with van der Waals surface area (Å²) < 4.78 is 42.3. The summed E-state index contributed by atoms with van der Waals surface area (Å²) in [6.45, 7) is 12.0. The fraction of sp³-hybridized carbons (Fsp3) is 0.909. The molecule has 0 aliphatic carbocycles. The van der Waals surface area contributed by atoms with Crippen LogP contribution in [0.1, 0.15) is 34.6 Å². The average molecular weight is 285 g/mol. The van der Waals surface area contributed by atoms with Crippen LogP contribution < -0.4 is 0 Å². The number of hydrogen-bond acceptors (Lipinski definition) is 2. The van der Waals surface area contributed by atoms with E-state index in [4.69, 9.17) is 4.53 Å². The highest BCUT2D eigenvalue weighted by Crippen LogP contribution is 2.44. The fourth-order valence-corrected chi connectivity index (χ4v) is 3.37. The van der Waals surface area contributed by atoms with Gasteiger partial charge in [-0.05, 0) is 11.0 Å². The van der Waals surface area contributed by atoms with Crippen molar-refractivity contribution in [1.82, 2.24) is 0 Å². The second-order valence-electron chi connectivity index (χ2n) is 5.82. The Hall–Kier alpha value is -0.723. The zero-order valence-electron chi connectivity index (χ0n) is 12.0. The van der Waals surface area contributed by atoms with Crippen LogP contribution in [0.2, 0.25) is 18.1 Å². The lowest BCUT2D eigenvalue weighted by atomic mass is 9.99. The molecule has 0 spiro atoms. The highest BCUT2D eigenvalue weighted by atomic mass is 28.4. The highest BCUT2D eigenvalue weighted by Gasteiger charge is 2.46. The SMILES string of the molecule is C/C(=[N+](/[O-])O[Si](C)(C)C(C)(C)C(C)C)C(F)(F)F. The Bertz CT molecular complexity index is 336. The van der Waals surface area contributed by atoms with Crippen LogP contribution in [0.25, 0.3) is 0 Å². The van der Waals surface area contributed by atoms with Crippen LogP contribution in [-0.4, -0.2) is 25.1 Å². The van der Waals surface area contributed by atoms with Crippen LogP contribution in [0, 0.1) is 11.1 Å². The minimum Gasteiger partial charge on any atom is -0.442 e. The lowest BCUT2D eigenvalue weighted by molar-refractivity contribution is -0.708. The van der Waals surface area contributed by atoms with Gasteiger partial charge >= 0.3 is 11.9 Å². The molecule has 0 N–H and O–H groups in total. The van der Waals surface area contributed by atoms with Crippen molar-refractivity contribution in [1.29, 1.82) is 0 Å². The van der Waals surface area contributed by atoms with Crippen molar-refractivity contribution in [3.05, 3.63) is 5.21 Å². The molecule has 108 valence electrons. The number of rotatable bonds is 4. The van der Waals surface area contributed by atoms with Gasteiger partial charge in [-0.2, -0.15) is 13.2 Å². The molecular weight excluding hydrogens is 263 g/mol. The first-order valence-corrected chi connectivity index (χ1v) is 8.71. The Morgan fingerprint density at radius 3 is 1.89 bits per heavy atom. The van der Waals surface area contributed by atoms with E-state index in [0.29, 0.717) is 0 Å². The number of halogens is 3. The molecule has 0 aliphatic heterocycles. The normalized spacial score (nSPS) is 15.7. The second-order valence-corrected chi connectivity index (χ2v) is 10.3. The van der Waals surface area contributed by atoms with E-state index < -0.39 is 20.2 Å². The molecule has 0 bridgehead atoms. The standard InChI is InChI=1S/C11H22F3NO2Si/c1-8(2)10(4,5)18(6,7)17-15(16)9(3)11(12,13)14/h8H,1-7H3/b15-9+. The lowest BCUT2D eigenvalue weighted by Crippen LogP contribution is -2.48. The van der Waals surface area contributed by atoms with E-state index in [0.717, 1.165) is 6.92 Å². The van der Waals surface area contributed by atoms with E-state index in [9.17, 15) is 18.4 Å². The van der Waals surface area contributed by atoms with Crippen molar-refractivity contribution in [3.63, 3.8) is 0 Å².